The van der Waals surface area contributed by atoms with Crippen LogP contribution in [0.3, 0.4) is 0 Å². The van der Waals surface area contributed by atoms with E-state index in [4.69, 9.17) is 4.74 Å². The van der Waals surface area contributed by atoms with E-state index in [1.54, 1.807) is 11.3 Å². The minimum absolute atomic E-state index is 0.102. The molecule has 1 aromatic carbocycles. The highest BCUT2D eigenvalue weighted by Crippen LogP contribution is 2.22. The van der Waals surface area contributed by atoms with E-state index in [0.717, 1.165) is 43.4 Å². The topological polar surface area (TPSA) is 54.5 Å². The maximum absolute atomic E-state index is 12.1. The smallest absolute Gasteiger partial charge is 0.220 e. The molecule has 1 aliphatic rings. The van der Waals surface area contributed by atoms with Crippen LogP contribution < -0.4 is 5.32 Å². The molecule has 0 spiro atoms. The number of aromatic nitrogens is 1. The lowest BCUT2D eigenvalue weighted by atomic mass is 10.2. The van der Waals surface area contributed by atoms with Gasteiger partial charge in [-0.25, -0.2) is 4.98 Å². The van der Waals surface area contributed by atoms with Crippen molar-refractivity contribution in [1.82, 2.24) is 15.2 Å². The number of hydrogen-bond acceptors (Lipinski definition) is 5. The van der Waals surface area contributed by atoms with Gasteiger partial charge >= 0.3 is 0 Å². The van der Waals surface area contributed by atoms with Gasteiger partial charge in [-0.1, -0.05) is 12.1 Å². The van der Waals surface area contributed by atoms with Crippen molar-refractivity contribution in [2.45, 2.75) is 25.8 Å². The van der Waals surface area contributed by atoms with E-state index < -0.39 is 0 Å². The number of carbonyl (C=O) groups is 1. The Bertz CT molecular complexity index is 619. The number of fused-ring (bicyclic) bond motifs is 1. The Hall–Kier alpha value is -1.50. The Labute approximate surface area is 140 Å². The molecular weight excluding hydrogens is 310 g/mol. The second-order valence-corrected chi connectivity index (χ2v) is 7.07. The number of thiazole rings is 1. The van der Waals surface area contributed by atoms with E-state index in [0.29, 0.717) is 12.8 Å². The highest BCUT2D eigenvalue weighted by Gasteiger charge is 2.15. The molecule has 23 heavy (non-hydrogen) atoms. The molecule has 1 amide bonds. The molecule has 1 aromatic heterocycles. The number of morpholine rings is 1. The van der Waals surface area contributed by atoms with E-state index in [9.17, 15) is 4.79 Å². The second-order valence-electron chi connectivity index (χ2n) is 5.96. The number of hydrogen-bond donors (Lipinski definition) is 1. The average Bonchev–Trinajstić information content (AvgIpc) is 2.96. The van der Waals surface area contributed by atoms with Crippen LogP contribution in [0, 0.1) is 0 Å². The lowest BCUT2D eigenvalue weighted by molar-refractivity contribution is -0.121. The van der Waals surface area contributed by atoms with Gasteiger partial charge in [0.25, 0.3) is 0 Å². The second kappa shape index (κ2) is 7.86. The summed E-state index contributed by atoms with van der Waals surface area (Å²) in [4.78, 5) is 19.0. The quantitative estimate of drug-likeness (QED) is 0.879. The zero-order valence-corrected chi connectivity index (χ0v) is 14.3. The molecule has 3 rings (SSSR count). The molecule has 0 radical (unpaired) electrons. The van der Waals surface area contributed by atoms with E-state index in [-0.39, 0.29) is 11.9 Å². The Morgan fingerprint density at radius 2 is 2.17 bits per heavy atom. The molecule has 1 fully saturated rings. The number of carbonyl (C=O) groups excluding carboxylic acids is 1. The summed E-state index contributed by atoms with van der Waals surface area (Å²) in [5, 5.41) is 4.12. The summed E-state index contributed by atoms with van der Waals surface area (Å²) in [6.07, 6.45) is 1.20. The molecule has 0 aliphatic carbocycles. The van der Waals surface area contributed by atoms with Crippen molar-refractivity contribution in [3.8, 4) is 0 Å². The fraction of sp³-hybridized carbons (Fsp3) is 0.529. The average molecular weight is 333 g/mol. The van der Waals surface area contributed by atoms with E-state index in [1.807, 2.05) is 18.2 Å². The fourth-order valence-electron chi connectivity index (χ4n) is 2.81. The van der Waals surface area contributed by atoms with Crippen LogP contribution in [0.1, 0.15) is 18.4 Å². The van der Waals surface area contributed by atoms with Crippen LogP contribution in [-0.4, -0.2) is 54.7 Å². The minimum Gasteiger partial charge on any atom is -0.379 e. The lowest BCUT2D eigenvalue weighted by Crippen LogP contribution is -2.46. The number of ether oxygens (including phenoxy) is 1. The molecule has 1 N–H and O–H groups in total. The first-order chi connectivity index (χ1) is 11.2. The number of nitrogens with one attached hydrogen (secondary N) is 1. The highest BCUT2D eigenvalue weighted by molar-refractivity contribution is 7.18. The number of rotatable bonds is 6. The van der Waals surface area contributed by atoms with Crippen LogP contribution in [0.5, 0.6) is 0 Å². The van der Waals surface area contributed by atoms with Gasteiger partial charge in [0.2, 0.25) is 5.91 Å². The third-order valence-electron chi connectivity index (χ3n) is 3.95. The lowest BCUT2D eigenvalue weighted by Gasteiger charge is -2.29. The summed E-state index contributed by atoms with van der Waals surface area (Å²) in [5.41, 5.74) is 1.02. The Kier molecular flexibility index (Phi) is 5.59. The van der Waals surface area contributed by atoms with E-state index in [2.05, 4.69) is 28.2 Å². The summed E-state index contributed by atoms with van der Waals surface area (Å²) in [6, 6.07) is 8.26. The van der Waals surface area contributed by atoms with Gasteiger partial charge in [0.1, 0.15) is 0 Å². The number of nitrogens with zero attached hydrogens (tertiary/aromatic N) is 2. The van der Waals surface area contributed by atoms with Gasteiger partial charge in [0.15, 0.2) is 0 Å². The summed E-state index contributed by atoms with van der Waals surface area (Å²) in [6.45, 7) is 6.43. The zero-order chi connectivity index (χ0) is 16.1. The third-order valence-corrected chi connectivity index (χ3v) is 5.04. The van der Waals surface area contributed by atoms with Gasteiger partial charge in [0, 0.05) is 38.5 Å². The SMILES string of the molecule is C[C@@H](CN1CCOCC1)NC(=O)CCc1nc2ccccc2s1. The van der Waals surface area contributed by atoms with Crippen LogP contribution in [0.2, 0.25) is 0 Å². The zero-order valence-electron chi connectivity index (χ0n) is 13.5. The van der Waals surface area contributed by atoms with Crippen LogP contribution in [0.4, 0.5) is 0 Å². The summed E-state index contributed by atoms with van der Waals surface area (Å²) >= 11 is 1.67. The van der Waals surface area contributed by atoms with Gasteiger partial charge in [-0.2, -0.15) is 0 Å². The van der Waals surface area contributed by atoms with E-state index in [1.165, 1.54) is 4.70 Å². The van der Waals surface area contributed by atoms with Crippen molar-refractivity contribution in [3.05, 3.63) is 29.3 Å². The monoisotopic (exact) mass is 333 g/mol. The number of amides is 1. The minimum atomic E-state index is 0.102. The maximum Gasteiger partial charge on any atom is 0.220 e. The summed E-state index contributed by atoms with van der Waals surface area (Å²) in [7, 11) is 0. The standard InChI is InChI=1S/C17H23N3O2S/c1-13(12-20-8-10-22-11-9-20)18-16(21)6-7-17-19-14-4-2-3-5-15(14)23-17/h2-5,13H,6-12H2,1H3,(H,18,21)/t13-/m0/s1. The molecule has 1 atom stereocenters. The molecule has 2 heterocycles. The number of benzene rings is 1. The number of para-hydroxylation sites is 1. The number of aryl methyl sites for hydroxylation is 1. The summed E-state index contributed by atoms with van der Waals surface area (Å²) in [5.74, 6) is 0.102. The van der Waals surface area contributed by atoms with Crippen LogP contribution >= 0.6 is 11.3 Å². The molecule has 2 aromatic rings. The molecule has 124 valence electrons. The maximum atomic E-state index is 12.1. The van der Waals surface area contributed by atoms with Crippen molar-refractivity contribution >= 4 is 27.5 Å². The van der Waals surface area contributed by atoms with Gasteiger partial charge < -0.3 is 10.1 Å². The summed E-state index contributed by atoms with van der Waals surface area (Å²) < 4.78 is 6.52. The van der Waals surface area contributed by atoms with Gasteiger partial charge in [-0.05, 0) is 19.1 Å². The van der Waals surface area contributed by atoms with Crippen LogP contribution in [0.25, 0.3) is 10.2 Å². The van der Waals surface area contributed by atoms with Crippen molar-refractivity contribution < 1.29 is 9.53 Å². The van der Waals surface area contributed by atoms with Gasteiger partial charge in [-0.15, -0.1) is 11.3 Å². The molecule has 0 saturated carbocycles. The predicted octanol–water partition coefficient (Wildman–Crippen LogP) is 2.07. The first-order valence-electron chi connectivity index (χ1n) is 8.14. The molecule has 5 nitrogen and oxygen atoms in total. The Morgan fingerprint density at radius 1 is 1.39 bits per heavy atom. The first-order valence-corrected chi connectivity index (χ1v) is 8.96. The van der Waals surface area contributed by atoms with E-state index >= 15 is 0 Å². The Balaban J connectivity index is 1.43. The molecular formula is C17H23N3O2S. The third kappa shape index (κ3) is 4.73. The normalized spacial score (nSPS) is 17.3. The Morgan fingerprint density at radius 3 is 2.96 bits per heavy atom. The first kappa shape index (κ1) is 16.4. The molecule has 6 heteroatoms. The van der Waals surface area contributed by atoms with Gasteiger partial charge in [0.05, 0.1) is 28.4 Å². The molecule has 1 aliphatic heterocycles. The van der Waals surface area contributed by atoms with Crippen molar-refractivity contribution in [3.63, 3.8) is 0 Å². The fourth-order valence-corrected chi connectivity index (χ4v) is 3.78. The largest absolute Gasteiger partial charge is 0.379 e. The van der Waals surface area contributed by atoms with Gasteiger partial charge in [-0.3, -0.25) is 9.69 Å². The molecule has 1 saturated heterocycles. The van der Waals surface area contributed by atoms with Crippen molar-refractivity contribution in [2.75, 3.05) is 32.8 Å². The molecule has 0 bridgehead atoms. The molecule has 0 unspecified atom stereocenters. The highest BCUT2D eigenvalue weighted by atomic mass is 32.1. The van der Waals surface area contributed by atoms with Crippen molar-refractivity contribution in [2.24, 2.45) is 0 Å². The predicted molar refractivity (Wildman–Crippen MR) is 92.8 cm³/mol. The van der Waals surface area contributed by atoms with Crippen LogP contribution in [-0.2, 0) is 16.0 Å². The van der Waals surface area contributed by atoms with Crippen molar-refractivity contribution in [1.29, 1.82) is 0 Å². The van der Waals surface area contributed by atoms with Crippen LogP contribution in [0.15, 0.2) is 24.3 Å².